The fraction of sp³-hybridized carbons (Fsp3) is 0.458. The van der Waals surface area contributed by atoms with Gasteiger partial charge in [0.05, 0.1) is 20.8 Å². The molecule has 2 aromatic rings. The third-order valence-corrected chi connectivity index (χ3v) is 5.36. The maximum absolute atomic E-state index is 12.7. The Labute approximate surface area is 178 Å². The van der Waals surface area contributed by atoms with Crippen molar-refractivity contribution in [1.29, 1.82) is 0 Å². The Balaban J connectivity index is 1.41. The van der Waals surface area contributed by atoms with Crippen molar-refractivity contribution >= 4 is 5.91 Å². The monoisotopic (exact) mass is 413 g/mol. The molecule has 1 amide bonds. The van der Waals surface area contributed by atoms with Crippen molar-refractivity contribution in [2.75, 3.05) is 33.9 Å². The second-order valence-electron chi connectivity index (χ2n) is 7.58. The third kappa shape index (κ3) is 6.13. The number of para-hydroxylation sites is 1. The van der Waals surface area contributed by atoms with Gasteiger partial charge in [0.1, 0.15) is 17.2 Å². The van der Waals surface area contributed by atoms with Crippen LogP contribution < -0.4 is 14.2 Å². The Hall–Kier alpha value is -2.73. The fourth-order valence-electron chi connectivity index (χ4n) is 3.62. The number of nitrogens with zero attached hydrogens (tertiary/aromatic N) is 1. The van der Waals surface area contributed by atoms with Gasteiger partial charge >= 0.3 is 0 Å². The average Bonchev–Trinajstić information content (AvgIpc) is 2.79. The molecule has 0 N–H and O–H groups in total. The number of ether oxygens (including phenoxy) is 4. The van der Waals surface area contributed by atoms with Crippen LogP contribution in [0.15, 0.2) is 48.5 Å². The summed E-state index contributed by atoms with van der Waals surface area (Å²) in [5.74, 6) is 2.72. The van der Waals surface area contributed by atoms with Crippen LogP contribution in [0.2, 0.25) is 0 Å². The summed E-state index contributed by atoms with van der Waals surface area (Å²) >= 11 is 0. The highest BCUT2D eigenvalue weighted by Gasteiger charge is 2.27. The molecule has 1 aliphatic rings. The van der Waals surface area contributed by atoms with E-state index in [-0.39, 0.29) is 5.91 Å². The van der Waals surface area contributed by atoms with Crippen molar-refractivity contribution in [3.05, 3.63) is 54.1 Å². The van der Waals surface area contributed by atoms with Crippen molar-refractivity contribution in [2.45, 2.75) is 32.5 Å². The number of carbonyl (C=O) groups is 1. The van der Waals surface area contributed by atoms with Crippen molar-refractivity contribution in [3.8, 4) is 17.2 Å². The number of carbonyl (C=O) groups excluding carboxylic acids is 1. The Morgan fingerprint density at radius 2 is 1.63 bits per heavy atom. The van der Waals surface area contributed by atoms with E-state index in [0.29, 0.717) is 19.1 Å². The molecule has 1 saturated heterocycles. The highest BCUT2D eigenvalue weighted by molar-refractivity contribution is 5.81. The van der Waals surface area contributed by atoms with E-state index in [1.54, 1.807) is 14.2 Å². The molecular weight excluding hydrogens is 382 g/mol. The predicted octanol–water partition coefficient (Wildman–Crippen LogP) is 3.93. The predicted molar refractivity (Wildman–Crippen MR) is 115 cm³/mol. The number of rotatable bonds is 9. The topological polar surface area (TPSA) is 57.2 Å². The SMILES string of the molecule is COc1cc(COCC2CCN(C(=O)[C@@H](C)Oc3ccccc3)CC2)cc(OC)c1. The smallest absolute Gasteiger partial charge is 0.263 e. The molecule has 3 rings (SSSR count). The molecule has 6 nitrogen and oxygen atoms in total. The van der Waals surface area contributed by atoms with Gasteiger partial charge in [-0.25, -0.2) is 0 Å². The van der Waals surface area contributed by atoms with Crippen LogP contribution in [0.4, 0.5) is 0 Å². The minimum absolute atomic E-state index is 0.0432. The first-order chi connectivity index (χ1) is 14.6. The molecule has 0 bridgehead atoms. The van der Waals surface area contributed by atoms with Crippen molar-refractivity contribution in [1.82, 2.24) is 4.90 Å². The van der Waals surface area contributed by atoms with E-state index < -0.39 is 6.10 Å². The maximum atomic E-state index is 12.7. The maximum Gasteiger partial charge on any atom is 0.263 e. The molecule has 0 radical (unpaired) electrons. The van der Waals surface area contributed by atoms with Crippen molar-refractivity contribution in [2.24, 2.45) is 5.92 Å². The summed E-state index contributed by atoms with van der Waals surface area (Å²) in [6, 6.07) is 15.2. The van der Waals surface area contributed by atoms with Crippen molar-refractivity contribution < 1.29 is 23.7 Å². The zero-order chi connectivity index (χ0) is 21.3. The van der Waals surface area contributed by atoms with Crippen LogP contribution in [0.1, 0.15) is 25.3 Å². The van der Waals surface area contributed by atoms with Gasteiger partial charge in [-0.1, -0.05) is 18.2 Å². The van der Waals surface area contributed by atoms with Crippen LogP contribution in [0.3, 0.4) is 0 Å². The summed E-state index contributed by atoms with van der Waals surface area (Å²) < 4.78 is 22.3. The molecule has 0 aliphatic carbocycles. The van der Waals surface area contributed by atoms with Gasteiger partial charge in [0.2, 0.25) is 0 Å². The van der Waals surface area contributed by atoms with Gasteiger partial charge in [0.25, 0.3) is 5.91 Å². The quantitative estimate of drug-likeness (QED) is 0.624. The molecule has 1 heterocycles. The van der Waals surface area contributed by atoms with Crippen LogP contribution in [0, 0.1) is 5.92 Å². The molecule has 0 unspecified atom stereocenters. The molecule has 1 atom stereocenters. The standard InChI is InChI=1S/C24H31NO5/c1-18(30-21-7-5-4-6-8-21)24(26)25-11-9-19(10-12-25)16-29-17-20-13-22(27-2)15-23(14-20)28-3/h4-8,13-15,18-19H,9-12,16-17H2,1-3H3/t18-/m1/s1. The molecule has 6 heteroatoms. The molecule has 1 aliphatic heterocycles. The largest absolute Gasteiger partial charge is 0.497 e. The number of piperidine rings is 1. The lowest BCUT2D eigenvalue weighted by molar-refractivity contribution is -0.139. The van der Waals surface area contributed by atoms with Gasteiger partial charge in [-0.3, -0.25) is 4.79 Å². The van der Waals surface area contributed by atoms with Crippen LogP contribution >= 0.6 is 0 Å². The van der Waals surface area contributed by atoms with Crippen LogP contribution in [0.5, 0.6) is 17.2 Å². The lowest BCUT2D eigenvalue weighted by atomic mass is 9.97. The van der Waals surface area contributed by atoms with E-state index >= 15 is 0 Å². The minimum atomic E-state index is -0.483. The summed E-state index contributed by atoms with van der Waals surface area (Å²) in [6.45, 7) is 4.48. The Bertz CT molecular complexity index is 780. The second kappa shape index (κ2) is 10.9. The number of hydrogen-bond acceptors (Lipinski definition) is 5. The molecule has 0 spiro atoms. The molecule has 162 valence electrons. The Kier molecular flexibility index (Phi) is 7.97. The highest BCUT2D eigenvalue weighted by atomic mass is 16.5. The van der Waals surface area contributed by atoms with Gasteiger partial charge in [0, 0.05) is 25.8 Å². The van der Waals surface area contributed by atoms with E-state index in [1.165, 1.54) is 0 Å². The fourth-order valence-corrected chi connectivity index (χ4v) is 3.62. The lowest BCUT2D eigenvalue weighted by Gasteiger charge is -2.33. The van der Waals surface area contributed by atoms with Gasteiger partial charge < -0.3 is 23.8 Å². The number of hydrogen-bond donors (Lipinski definition) is 0. The third-order valence-electron chi connectivity index (χ3n) is 5.36. The Morgan fingerprint density at radius 3 is 2.23 bits per heavy atom. The second-order valence-corrected chi connectivity index (χ2v) is 7.58. The number of methoxy groups -OCH3 is 2. The molecular formula is C24H31NO5. The van der Waals surface area contributed by atoms with Crippen LogP contribution in [0.25, 0.3) is 0 Å². The molecule has 0 saturated carbocycles. The lowest BCUT2D eigenvalue weighted by Crippen LogP contribution is -2.45. The zero-order valence-corrected chi connectivity index (χ0v) is 18.0. The number of benzene rings is 2. The van der Waals surface area contributed by atoms with Crippen molar-refractivity contribution in [3.63, 3.8) is 0 Å². The molecule has 2 aromatic carbocycles. The van der Waals surface area contributed by atoms with E-state index in [0.717, 1.165) is 48.7 Å². The van der Waals surface area contributed by atoms with Gasteiger partial charge in [-0.2, -0.15) is 0 Å². The normalized spacial score (nSPS) is 15.5. The summed E-state index contributed by atoms with van der Waals surface area (Å²) in [5, 5.41) is 0. The first-order valence-electron chi connectivity index (χ1n) is 10.4. The first kappa shape index (κ1) is 22.0. The molecule has 0 aromatic heterocycles. The van der Waals surface area contributed by atoms with Gasteiger partial charge in [0.15, 0.2) is 6.10 Å². The van der Waals surface area contributed by atoms with Gasteiger partial charge in [-0.15, -0.1) is 0 Å². The zero-order valence-electron chi connectivity index (χ0n) is 18.0. The summed E-state index contributed by atoms with van der Waals surface area (Å²) in [7, 11) is 3.28. The number of likely N-dealkylation sites (tertiary alicyclic amines) is 1. The summed E-state index contributed by atoms with van der Waals surface area (Å²) in [5.41, 5.74) is 1.02. The summed E-state index contributed by atoms with van der Waals surface area (Å²) in [4.78, 5) is 14.6. The molecule has 1 fully saturated rings. The van der Waals surface area contributed by atoms with Crippen LogP contribution in [-0.2, 0) is 16.1 Å². The Morgan fingerprint density at radius 1 is 1.00 bits per heavy atom. The molecule has 30 heavy (non-hydrogen) atoms. The summed E-state index contributed by atoms with van der Waals surface area (Å²) in [6.07, 6.45) is 1.39. The van der Waals surface area contributed by atoms with E-state index in [2.05, 4.69) is 0 Å². The van der Waals surface area contributed by atoms with E-state index in [1.807, 2.05) is 60.4 Å². The van der Waals surface area contributed by atoms with E-state index in [4.69, 9.17) is 18.9 Å². The minimum Gasteiger partial charge on any atom is -0.497 e. The highest BCUT2D eigenvalue weighted by Crippen LogP contribution is 2.24. The number of amides is 1. The van der Waals surface area contributed by atoms with E-state index in [9.17, 15) is 4.79 Å². The van der Waals surface area contributed by atoms with Gasteiger partial charge in [-0.05, 0) is 55.5 Å². The first-order valence-corrected chi connectivity index (χ1v) is 10.4. The van der Waals surface area contributed by atoms with Crippen LogP contribution in [-0.4, -0.2) is 50.8 Å². The average molecular weight is 414 g/mol.